The lowest BCUT2D eigenvalue weighted by atomic mass is 10.1. The maximum absolute atomic E-state index is 12.2. The van der Waals surface area contributed by atoms with Gasteiger partial charge in [-0.2, -0.15) is 0 Å². The van der Waals surface area contributed by atoms with Gasteiger partial charge in [-0.15, -0.1) is 0 Å². The van der Waals surface area contributed by atoms with E-state index in [1.165, 1.54) is 6.20 Å². The summed E-state index contributed by atoms with van der Waals surface area (Å²) in [5.74, 6) is -1.17. The maximum Gasteiger partial charge on any atom is 0.347 e. The van der Waals surface area contributed by atoms with Crippen molar-refractivity contribution in [2.24, 2.45) is 4.99 Å². The molecule has 23 heavy (non-hydrogen) atoms. The van der Waals surface area contributed by atoms with Gasteiger partial charge in [0.1, 0.15) is 15.7 Å². The van der Waals surface area contributed by atoms with Crippen LogP contribution in [0.5, 0.6) is 0 Å². The molecular weight excluding hydrogens is 340 g/mol. The van der Waals surface area contributed by atoms with Crippen molar-refractivity contribution in [2.75, 3.05) is 18.0 Å². The second-order valence-electron chi connectivity index (χ2n) is 5.37. The van der Waals surface area contributed by atoms with Gasteiger partial charge in [-0.3, -0.25) is 4.79 Å². The molecule has 1 saturated heterocycles. The van der Waals surface area contributed by atoms with Crippen molar-refractivity contribution in [1.82, 2.24) is 10.3 Å². The van der Waals surface area contributed by atoms with E-state index in [0.29, 0.717) is 35.5 Å². The Hall–Kier alpha value is -1.93. The summed E-state index contributed by atoms with van der Waals surface area (Å²) in [6, 6.07) is 0.00632. The largest absolute Gasteiger partial charge is 0.477 e. The summed E-state index contributed by atoms with van der Waals surface area (Å²) in [5.41, 5.74) is 1.43. The van der Waals surface area contributed by atoms with E-state index in [2.05, 4.69) is 15.3 Å². The minimum Gasteiger partial charge on any atom is -0.477 e. The quantitative estimate of drug-likeness (QED) is 0.787. The van der Waals surface area contributed by atoms with E-state index in [1.807, 2.05) is 11.8 Å². The molecule has 0 saturated carbocycles. The van der Waals surface area contributed by atoms with Crippen molar-refractivity contribution in [2.45, 2.75) is 25.8 Å². The highest BCUT2D eigenvalue weighted by molar-refractivity contribution is 7.17. The number of hydrogen-bond donors (Lipinski definition) is 2. The first-order valence-corrected chi connectivity index (χ1v) is 8.37. The van der Waals surface area contributed by atoms with E-state index in [4.69, 9.17) is 16.7 Å². The Balaban J connectivity index is 1.50. The Kier molecular flexibility index (Phi) is 4.36. The predicted molar refractivity (Wildman–Crippen MR) is 88.4 cm³/mol. The fraction of sp³-hybridized carbons (Fsp3) is 0.429. The first kappa shape index (κ1) is 15.9. The maximum atomic E-state index is 12.2. The van der Waals surface area contributed by atoms with Crippen molar-refractivity contribution >= 4 is 45.7 Å². The second kappa shape index (κ2) is 6.29. The molecule has 122 valence electrons. The van der Waals surface area contributed by atoms with Crippen LogP contribution < -0.4 is 10.2 Å². The Morgan fingerprint density at radius 1 is 1.52 bits per heavy atom. The number of anilines is 1. The first-order valence-electron chi connectivity index (χ1n) is 7.18. The van der Waals surface area contributed by atoms with Gasteiger partial charge in [0.15, 0.2) is 5.13 Å². The number of thiazole rings is 1. The summed E-state index contributed by atoms with van der Waals surface area (Å²) < 4.78 is 0. The number of carboxylic acids is 1. The number of nitrogens with zero attached hydrogens (tertiary/aromatic N) is 3. The number of allylic oxidation sites excluding steroid dienone is 1. The molecule has 2 N–H and O–H groups in total. The first-order chi connectivity index (χ1) is 11.0. The molecular formula is C14H15ClN4O3S. The summed E-state index contributed by atoms with van der Waals surface area (Å²) in [5, 5.41) is 12.9. The number of aromatic nitrogens is 1. The van der Waals surface area contributed by atoms with Gasteiger partial charge in [-0.1, -0.05) is 29.9 Å². The van der Waals surface area contributed by atoms with Crippen LogP contribution in [0.4, 0.5) is 5.13 Å². The molecule has 0 atom stereocenters. The van der Waals surface area contributed by atoms with E-state index in [1.54, 1.807) is 0 Å². The number of amides is 1. The van der Waals surface area contributed by atoms with Gasteiger partial charge >= 0.3 is 5.97 Å². The highest BCUT2D eigenvalue weighted by Crippen LogP contribution is 2.27. The molecule has 1 aromatic heterocycles. The molecule has 1 aromatic rings. The molecule has 0 aromatic carbocycles. The number of halogens is 1. The fourth-order valence-corrected chi connectivity index (χ4v) is 3.49. The van der Waals surface area contributed by atoms with Crippen LogP contribution in [-0.2, 0) is 4.79 Å². The second-order valence-corrected chi connectivity index (χ2v) is 6.74. The van der Waals surface area contributed by atoms with Crippen molar-refractivity contribution < 1.29 is 14.7 Å². The van der Waals surface area contributed by atoms with Crippen LogP contribution in [0, 0.1) is 0 Å². The zero-order valence-electron chi connectivity index (χ0n) is 12.4. The van der Waals surface area contributed by atoms with E-state index in [-0.39, 0.29) is 16.8 Å². The molecule has 0 radical (unpaired) electrons. The highest BCUT2D eigenvalue weighted by Gasteiger charge is 2.32. The van der Waals surface area contributed by atoms with Crippen LogP contribution in [0.2, 0.25) is 0 Å². The van der Waals surface area contributed by atoms with Gasteiger partial charge in [0.2, 0.25) is 0 Å². The number of carbonyl (C=O) groups excluding carboxylic acids is 1. The number of hydrogen-bond acceptors (Lipinski definition) is 6. The van der Waals surface area contributed by atoms with Crippen LogP contribution in [0.1, 0.15) is 29.4 Å². The third kappa shape index (κ3) is 3.23. The fourth-order valence-electron chi connectivity index (χ4n) is 2.42. The van der Waals surface area contributed by atoms with Crippen molar-refractivity contribution in [1.29, 1.82) is 0 Å². The number of aliphatic imine (C=N–C) groups is 1. The molecule has 3 rings (SSSR count). The molecule has 0 unspecified atom stereocenters. The van der Waals surface area contributed by atoms with Crippen molar-refractivity contribution in [3.8, 4) is 0 Å². The van der Waals surface area contributed by atoms with E-state index in [9.17, 15) is 9.59 Å². The van der Waals surface area contributed by atoms with Crippen LogP contribution in [0.15, 0.2) is 21.9 Å². The topological polar surface area (TPSA) is 94.9 Å². The summed E-state index contributed by atoms with van der Waals surface area (Å²) in [4.78, 5) is 33.3. The molecule has 9 heteroatoms. The average Bonchev–Trinajstić information content (AvgIpc) is 3.08. The SMILES string of the molecule is CCC1=C(Cl)N=C(C(=O)NC2CN(c3ncc(C(=O)O)s3)C2)C1. The van der Waals surface area contributed by atoms with Crippen molar-refractivity contribution in [3.63, 3.8) is 0 Å². The summed E-state index contributed by atoms with van der Waals surface area (Å²) in [6.07, 6.45) is 2.64. The number of rotatable bonds is 5. The molecule has 0 aliphatic carbocycles. The van der Waals surface area contributed by atoms with Crippen molar-refractivity contribution in [3.05, 3.63) is 21.8 Å². The van der Waals surface area contributed by atoms with Crippen LogP contribution >= 0.6 is 22.9 Å². The Bertz CT molecular complexity index is 721. The third-order valence-corrected chi connectivity index (χ3v) is 5.18. The molecule has 3 heterocycles. The lowest BCUT2D eigenvalue weighted by molar-refractivity contribution is -0.115. The molecule has 0 bridgehead atoms. The Morgan fingerprint density at radius 3 is 2.83 bits per heavy atom. The average molecular weight is 355 g/mol. The highest BCUT2D eigenvalue weighted by atomic mass is 35.5. The van der Waals surface area contributed by atoms with Gasteiger partial charge in [0, 0.05) is 19.5 Å². The Morgan fingerprint density at radius 2 is 2.26 bits per heavy atom. The molecule has 1 fully saturated rings. The van der Waals surface area contributed by atoms with Gasteiger partial charge in [-0.05, 0) is 12.0 Å². The third-order valence-electron chi connectivity index (χ3n) is 3.79. The lowest BCUT2D eigenvalue weighted by Gasteiger charge is -2.39. The number of carbonyl (C=O) groups is 2. The summed E-state index contributed by atoms with van der Waals surface area (Å²) >= 11 is 7.11. The van der Waals surface area contributed by atoms with Crippen LogP contribution in [-0.4, -0.2) is 46.8 Å². The van der Waals surface area contributed by atoms with E-state index < -0.39 is 5.97 Å². The zero-order valence-corrected chi connectivity index (χ0v) is 13.9. The standard InChI is InChI=1S/C14H15ClN4O3S/c1-2-7-3-9(18-11(7)15)12(20)17-8-5-19(6-8)14-16-4-10(23-14)13(21)22/h4,8H,2-3,5-6H2,1H3,(H,17,20)(H,21,22). The van der Waals surface area contributed by atoms with Crippen LogP contribution in [0.25, 0.3) is 0 Å². The molecule has 2 aliphatic rings. The number of carboxylic acid groups (broad SMARTS) is 1. The lowest BCUT2D eigenvalue weighted by Crippen LogP contribution is -2.60. The summed E-state index contributed by atoms with van der Waals surface area (Å²) in [7, 11) is 0. The Labute approximate surface area is 141 Å². The predicted octanol–water partition coefficient (Wildman–Crippen LogP) is 1.85. The minimum atomic E-state index is -0.977. The minimum absolute atomic E-state index is 0.00632. The van der Waals surface area contributed by atoms with Gasteiger partial charge in [-0.25, -0.2) is 14.8 Å². The zero-order chi connectivity index (χ0) is 16.6. The smallest absolute Gasteiger partial charge is 0.347 e. The molecule has 2 aliphatic heterocycles. The van der Waals surface area contributed by atoms with Gasteiger partial charge < -0.3 is 15.3 Å². The monoisotopic (exact) mass is 354 g/mol. The molecule has 7 nitrogen and oxygen atoms in total. The number of aromatic carboxylic acids is 1. The van der Waals surface area contributed by atoms with E-state index >= 15 is 0 Å². The number of nitrogens with one attached hydrogen (secondary N) is 1. The normalized spacial score (nSPS) is 18.0. The van der Waals surface area contributed by atoms with Gasteiger partial charge in [0.25, 0.3) is 5.91 Å². The van der Waals surface area contributed by atoms with Gasteiger partial charge in [0.05, 0.1) is 12.2 Å². The summed E-state index contributed by atoms with van der Waals surface area (Å²) in [6.45, 7) is 3.19. The van der Waals surface area contributed by atoms with E-state index in [0.717, 1.165) is 23.3 Å². The molecule has 1 amide bonds. The van der Waals surface area contributed by atoms with Crippen LogP contribution in [0.3, 0.4) is 0 Å². The molecule has 0 spiro atoms.